The highest BCUT2D eigenvalue weighted by Gasteiger charge is 2.11. The fourth-order valence-corrected chi connectivity index (χ4v) is 4.81. The molecule has 0 aliphatic heterocycles. The van der Waals surface area contributed by atoms with Gasteiger partial charge in [0, 0.05) is 12.8 Å². The lowest BCUT2D eigenvalue weighted by Crippen LogP contribution is -2.28. The zero-order chi connectivity index (χ0) is 30.2. The number of hydrogen-bond acceptors (Lipinski definition) is 4. The van der Waals surface area contributed by atoms with Gasteiger partial charge in [-0.15, -0.1) is 0 Å². The number of carbonyl (C=O) groups excluding carboxylic acids is 2. The van der Waals surface area contributed by atoms with E-state index in [0.29, 0.717) is 12.8 Å². The molecule has 0 saturated heterocycles. The van der Waals surface area contributed by atoms with Crippen LogP contribution in [0.4, 0.5) is 0 Å². The number of carbonyl (C=O) groups is 3. The fraction of sp³-hybridized carbons (Fsp3) is 0.800. The lowest BCUT2D eigenvalue weighted by molar-refractivity contribution is -0.147. The Hall–Kier alpha value is -2.11. The highest BCUT2D eigenvalue weighted by molar-refractivity contribution is 5.80. The Bertz CT molecular complexity index is 688. The van der Waals surface area contributed by atoms with Crippen LogP contribution < -0.4 is 5.32 Å². The number of aliphatic carboxylic acids is 1. The van der Waals surface area contributed by atoms with Crippen LogP contribution >= 0.6 is 0 Å². The van der Waals surface area contributed by atoms with Gasteiger partial charge in [-0.1, -0.05) is 128 Å². The molecule has 2 N–H and O–H groups in total. The summed E-state index contributed by atoms with van der Waals surface area (Å²) in [5, 5.41) is 11.0. The van der Waals surface area contributed by atoms with Crippen LogP contribution in [0.25, 0.3) is 0 Å². The maximum Gasteiger partial charge on any atom is 0.322 e. The molecule has 0 radical (unpaired) electrons. The molecule has 0 aliphatic rings. The molecule has 0 aromatic heterocycles. The Balaban J connectivity index is 4.22. The molecule has 6 heteroatoms. The molecular formula is C35H63NO5. The van der Waals surface area contributed by atoms with Gasteiger partial charge in [-0.3, -0.25) is 14.4 Å². The first kappa shape index (κ1) is 38.9. The summed E-state index contributed by atoms with van der Waals surface area (Å²) in [5.74, 6) is -1.35. The average molecular weight is 578 g/mol. The second-order valence-corrected chi connectivity index (χ2v) is 11.4. The number of amides is 1. The van der Waals surface area contributed by atoms with Gasteiger partial charge >= 0.3 is 11.9 Å². The Morgan fingerprint density at radius 3 is 1.80 bits per heavy atom. The van der Waals surface area contributed by atoms with Crippen molar-refractivity contribution in [3.63, 3.8) is 0 Å². The second-order valence-electron chi connectivity index (χ2n) is 11.4. The highest BCUT2D eigenvalue weighted by atomic mass is 16.5. The molecule has 0 bridgehead atoms. The first-order chi connectivity index (χ1) is 20.0. The molecule has 0 spiro atoms. The molecule has 6 nitrogen and oxygen atoms in total. The van der Waals surface area contributed by atoms with Gasteiger partial charge in [0.25, 0.3) is 0 Å². The predicted molar refractivity (Wildman–Crippen MR) is 171 cm³/mol. The van der Waals surface area contributed by atoms with Gasteiger partial charge in [0.15, 0.2) is 0 Å². The monoisotopic (exact) mass is 577 g/mol. The van der Waals surface area contributed by atoms with Gasteiger partial charge in [-0.2, -0.15) is 0 Å². The third-order valence-electron chi connectivity index (χ3n) is 7.36. The Labute approximate surface area is 252 Å². The minimum absolute atomic E-state index is 0.100. The Morgan fingerprint density at radius 1 is 0.659 bits per heavy atom. The first-order valence-electron chi connectivity index (χ1n) is 17.0. The zero-order valence-corrected chi connectivity index (χ0v) is 26.6. The van der Waals surface area contributed by atoms with E-state index in [2.05, 4.69) is 37.4 Å². The van der Waals surface area contributed by atoms with E-state index in [1.807, 2.05) is 6.08 Å². The average Bonchev–Trinajstić information content (AvgIpc) is 2.95. The summed E-state index contributed by atoms with van der Waals surface area (Å²) in [7, 11) is 0. The molecular weight excluding hydrogens is 514 g/mol. The van der Waals surface area contributed by atoms with Crippen molar-refractivity contribution in [3.8, 4) is 0 Å². The standard InChI is InChI=1S/C35H63NO5/c1-3-5-7-9-11-13-14-15-16-18-20-26-30-35(40)41-32(27-23-19-17-12-10-8-6-4-2)28-24-21-22-25-29-33(37)36-31-34(38)39/h12,17,23,27,32H,3-11,13-16,18-22,24-26,28-31H2,1-2H3,(H,36,37)(H,38,39)/b17-12-,27-23-. The van der Waals surface area contributed by atoms with Crippen LogP contribution in [0.15, 0.2) is 24.3 Å². The Kier molecular flexibility index (Phi) is 29.3. The molecule has 0 saturated carbocycles. The summed E-state index contributed by atoms with van der Waals surface area (Å²) >= 11 is 0. The molecule has 0 fully saturated rings. The molecule has 0 heterocycles. The van der Waals surface area contributed by atoms with Gasteiger partial charge in [0.1, 0.15) is 12.6 Å². The summed E-state index contributed by atoms with van der Waals surface area (Å²) in [5.41, 5.74) is 0. The highest BCUT2D eigenvalue weighted by Crippen LogP contribution is 2.15. The third kappa shape index (κ3) is 30.7. The lowest BCUT2D eigenvalue weighted by Gasteiger charge is -2.14. The van der Waals surface area contributed by atoms with Crippen LogP contribution in [0.1, 0.15) is 168 Å². The first-order valence-corrected chi connectivity index (χ1v) is 17.0. The van der Waals surface area contributed by atoms with E-state index in [4.69, 9.17) is 9.84 Å². The van der Waals surface area contributed by atoms with Gasteiger partial charge in [-0.05, 0) is 51.0 Å². The molecule has 0 aromatic carbocycles. The second kappa shape index (κ2) is 30.8. The largest absolute Gasteiger partial charge is 0.480 e. The minimum Gasteiger partial charge on any atom is -0.480 e. The van der Waals surface area contributed by atoms with Gasteiger partial charge < -0.3 is 15.2 Å². The molecule has 1 amide bonds. The van der Waals surface area contributed by atoms with E-state index in [1.54, 1.807) is 0 Å². The summed E-state index contributed by atoms with van der Waals surface area (Å²) in [6.07, 6.45) is 34.5. The topological polar surface area (TPSA) is 92.7 Å². The third-order valence-corrected chi connectivity index (χ3v) is 7.36. The van der Waals surface area contributed by atoms with E-state index in [9.17, 15) is 14.4 Å². The number of carboxylic acids is 1. The predicted octanol–water partition coefficient (Wildman–Crippen LogP) is 9.61. The maximum atomic E-state index is 12.5. The minimum atomic E-state index is -1.03. The van der Waals surface area contributed by atoms with Crippen molar-refractivity contribution in [3.05, 3.63) is 24.3 Å². The van der Waals surface area contributed by atoms with Crippen LogP contribution in [-0.4, -0.2) is 35.6 Å². The molecule has 0 aromatic rings. The molecule has 238 valence electrons. The van der Waals surface area contributed by atoms with Crippen molar-refractivity contribution in [1.82, 2.24) is 5.32 Å². The lowest BCUT2D eigenvalue weighted by atomic mass is 10.0. The smallest absolute Gasteiger partial charge is 0.322 e. The van der Waals surface area contributed by atoms with Crippen molar-refractivity contribution in [2.45, 2.75) is 174 Å². The zero-order valence-electron chi connectivity index (χ0n) is 26.6. The van der Waals surface area contributed by atoms with Crippen molar-refractivity contribution in [2.24, 2.45) is 0 Å². The maximum absolute atomic E-state index is 12.5. The van der Waals surface area contributed by atoms with Gasteiger partial charge in [0.05, 0.1) is 0 Å². The quantitative estimate of drug-likeness (QED) is 0.0504. The number of unbranched alkanes of at least 4 members (excludes halogenated alkanes) is 17. The van der Waals surface area contributed by atoms with Crippen molar-refractivity contribution in [1.29, 1.82) is 0 Å². The van der Waals surface area contributed by atoms with E-state index in [-0.39, 0.29) is 24.5 Å². The van der Waals surface area contributed by atoms with E-state index < -0.39 is 5.97 Å². The van der Waals surface area contributed by atoms with Crippen LogP contribution in [-0.2, 0) is 19.1 Å². The van der Waals surface area contributed by atoms with Gasteiger partial charge in [-0.25, -0.2) is 0 Å². The molecule has 1 atom stereocenters. The molecule has 1 unspecified atom stereocenters. The molecule has 0 aliphatic carbocycles. The van der Waals surface area contributed by atoms with Crippen LogP contribution in [0.5, 0.6) is 0 Å². The SMILES string of the molecule is CCCCC/C=C\C/C=C\C(CCCCCCC(=O)NCC(=O)O)OC(=O)CCCCCCCCCCCCCC. The summed E-state index contributed by atoms with van der Waals surface area (Å²) in [6, 6.07) is 0. The van der Waals surface area contributed by atoms with E-state index in [0.717, 1.165) is 57.8 Å². The summed E-state index contributed by atoms with van der Waals surface area (Å²) in [4.78, 5) is 34.7. The Morgan fingerprint density at radius 2 is 1.20 bits per heavy atom. The summed E-state index contributed by atoms with van der Waals surface area (Å²) in [6.45, 7) is 4.15. The van der Waals surface area contributed by atoms with Crippen molar-refractivity contribution in [2.75, 3.05) is 6.54 Å². The number of hydrogen-bond donors (Lipinski definition) is 2. The number of esters is 1. The number of rotatable bonds is 30. The number of allylic oxidation sites excluding steroid dienone is 3. The van der Waals surface area contributed by atoms with E-state index >= 15 is 0 Å². The number of nitrogens with one attached hydrogen (secondary N) is 1. The van der Waals surface area contributed by atoms with Crippen LogP contribution in [0.3, 0.4) is 0 Å². The molecule has 41 heavy (non-hydrogen) atoms. The van der Waals surface area contributed by atoms with Crippen LogP contribution in [0.2, 0.25) is 0 Å². The number of carboxylic acid groups (broad SMARTS) is 1. The number of ether oxygens (including phenoxy) is 1. The van der Waals surface area contributed by atoms with Gasteiger partial charge in [0.2, 0.25) is 5.91 Å². The van der Waals surface area contributed by atoms with E-state index in [1.165, 1.54) is 83.5 Å². The fourth-order valence-electron chi connectivity index (χ4n) is 4.81. The molecule has 0 rings (SSSR count). The normalized spacial score (nSPS) is 12.2. The van der Waals surface area contributed by atoms with Crippen LogP contribution in [0, 0.1) is 0 Å². The summed E-state index contributed by atoms with van der Waals surface area (Å²) < 4.78 is 5.84. The van der Waals surface area contributed by atoms with Crippen molar-refractivity contribution < 1.29 is 24.2 Å². The van der Waals surface area contributed by atoms with Crippen molar-refractivity contribution >= 4 is 17.8 Å².